The summed E-state index contributed by atoms with van der Waals surface area (Å²) in [5.74, 6) is -3.49. The molecule has 0 aliphatic heterocycles. The van der Waals surface area contributed by atoms with Crippen LogP contribution in [0.4, 0.5) is 0 Å². The van der Waals surface area contributed by atoms with Gasteiger partial charge < -0.3 is 43.8 Å². The van der Waals surface area contributed by atoms with Crippen molar-refractivity contribution in [3.05, 3.63) is 71.8 Å². The SMILES string of the molecule is CC(C)C(=O)N[C@@H](Cc1ccccc1)C(=O)N[C@H](CCCNC(=N)N)C(=O)N[C@@H](Cc1ccccc1)C(=O)N[C@@H](CCCCN)C(N)=O. The molecule has 262 valence electrons. The zero-order valence-electron chi connectivity index (χ0n) is 27.8. The summed E-state index contributed by atoms with van der Waals surface area (Å²) < 4.78 is 0. The fourth-order valence-corrected chi connectivity index (χ4v) is 4.85. The number of amides is 5. The number of carbonyl (C=O) groups is 5. The minimum Gasteiger partial charge on any atom is -0.370 e. The molecular formula is C34H51N9O5. The molecule has 0 aliphatic carbocycles. The van der Waals surface area contributed by atoms with Gasteiger partial charge in [-0.2, -0.15) is 0 Å². The molecule has 0 aliphatic rings. The summed E-state index contributed by atoms with van der Waals surface area (Å²) >= 11 is 0. The quantitative estimate of drug-likeness (QED) is 0.0495. The zero-order chi connectivity index (χ0) is 35.5. The number of benzene rings is 2. The first kappa shape index (κ1) is 39.2. The van der Waals surface area contributed by atoms with Gasteiger partial charge >= 0.3 is 0 Å². The van der Waals surface area contributed by atoms with E-state index in [1.807, 2.05) is 36.4 Å². The average Bonchev–Trinajstić information content (AvgIpc) is 3.05. The van der Waals surface area contributed by atoms with Gasteiger partial charge in [-0.05, 0) is 49.8 Å². The van der Waals surface area contributed by atoms with Crippen molar-refractivity contribution in [2.75, 3.05) is 13.1 Å². The second-order valence-corrected chi connectivity index (χ2v) is 11.9. The molecule has 0 fully saturated rings. The van der Waals surface area contributed by atoms with Crippen LogP contribution in [0.5, 0.6) is 0 Å². The van der Waals surface area contributed by atoms with Gasteiger partial charge in [0, 0.05) is 25.3 Å². The molecule has 0 saturated heterocycles. The van der Waals surface area contributed by atoms with Gasteiger partial charge in [-0.15, -0.1) is 0 Å². The van der Waals surface area contributed by atoms with E-state index in [4.69, 9.17) is 22.6 Å². The largest absolute Gasteiger partial charge is 0.370 e. The Hall–Kier alpha value is -4.98. The summed E-state index contributed by atoms with van der Waals surface area (Å²) in [6, 6.07) is 14.0. The lowest BCUT2D eigenvalue weighted by Gasteiger charge is -2.27. The van der Waals surface area contributed by atoms with Crippen LogP contribution < -0.4 is 43.8 Å². The second-order valence-electron chi connectivity index (χ2n) is 11.9. The molecule has 14 nitrogen and oxygen atoms in total. The van der Waals surface area contributed by atoms with E-state index in [0.717, 1.165) is 11.1 Å². The van der Waals surface area contributed by atoms with Crippen molar-refractivity contribution in [3.8, 4) is 0 Å². The lowest BCUT2D eigenvalue weighted by molar-refractivity contribution is -0.134. The first-order chi connectivity index (χ1) is 22.9. The van der Waals surface area contributed by atoms with Crippen molar-refractivity contribution in [1.29, 1.82) is 5.41 Å². The fourth-order valence-electron chi connectivity index (χ4n) is 4.85. The molecule has 4 atom stereocenters. The summed E-state index contributed by atoms with van der Waals surface area (Å²) in [5.41, 5.74) is 18.1. The maximum Gasteiger partial charge on any atom is 0.243 e. The number of nitrogens with one attached hydrogen (secondary N) is 6. The van der Waals surface area contributed by atoms with Gasteiger partial charge in [0.2, 0.25) is 29.5 Å². The van der Waals surface area contributed by atoms with Crippen molar-refractivity contribution in [2.45, 2.75) is 83.0 Å². The summed E-state index contributed by atoms with van der Waals surface area (Å²) in [4.78, 5) is 65.9. The number of nitrogens with two attached hydrogens (primary N) is 3. The summed E-state index contributed by atoms with van der Waals surface area (Å²) in [7, 11) is 0. The Labute approximate surface area is 282 Å². The van der Waals surface area contributed by atoms with Gasteiger partial charge in [0.25, 0.3) is 0 Å². The van der Waals surface area contributed by atoms with Gasteiger partial charge in [-0.25, -0.2) is 0 Å². The lowest BCUT2D eigenvalue weighted by Crippen LogP contribution is -2.59. The first-order valence-electron chi connectivity index (χ1n) is 16.3. The van der Waals surface area contributed by atoms with E-state index in [9.17, 15) is 24.0 Å². The van der Waals surface area contributed by atoms with Gasteiger partial charge in [-0.3, -0.25) is 29.4 Å². The topological polar surface area (TPSA) is 247 Å². The van der Waals surface area contributed by atoms with E-state index < -0.39 is 47.8 Å². The number of primary amides is 1. The Morgan fingerprint density at radius 3 is 1.52 bits per heavy atom. The molecule has 2 aromatic rings. The van der Waals surface area contributed by atoms with Crippen LogP contribution in [-0.2, 0) is 36.8 Å². The molecule has 0 aromatic heterocycles. The lowest BCUT2D eigenvalue weighted by atomic mass is 10.0. The van der Waals surface area contributed by atoms with E-state index in [2.05, 4.69) is 26.6 Å². The molecular weight excluding hydrogens is 614 g/mol. The van der Waals surface area contributed by atoms with Crippen molar-refractivity contribution in [3.63, 3.8) is 0 Å². The highest BCUT2D eigenvalue weighted by atomic mass is 16.2. The molecule has 2 rings (SSSR count). The van der Waals surface area contributed by atoms with E-state index >= 15 is 0 Å². The molecule has 0 bridgehead atoms. The van der Waals surface area contributed by atoms with Crippen LogP contribution in [0.2, 0.25) is 0 Å². The number of hydrogen-bond donors (Lipinski definition) is 9. The molecule has 14 heteroatoms. The monoisotopic (exact) mass is 665 g/mol. The molecule has 48 heavy (non-hydrogen) atoms. The molecule has 12 N–H and O–H groups in total. The van der Waals surface area contributed by atoms with Crippen LogP contribution >= 0.6 is 0 Å². The number of unbranched alkanes of at least 4 members (excludes halogenated alkanes) is 1. The standard InChI is InChI=1S/C34H51N9O5/c1-22(2)30(45)42-27(20-23-12-5-3-6-13-23)33(48)41-26(17-11-19-39-34(37)38)31(46)43-28(21-24-14-7-4-8-15-24)32(47)40-25(29(36)44)16-9-10-18-35/h3-8,12-15,22,25-28H,9-11,16-21,35H2,1-2H3,(H2,36,44)(H,40,47)(H,41,48)(H,42,45)(H,43,46)(H4,37,38,39)/t25-,26+,27-,28-/m0/s1. The highest BCUT2D eigenvalue weighted by Crippen LogP contribution is 2.10. The minimum atomic E-state index is -1.12. The number of hydrogen-bond acceptors (Lipinski definition) is 7. The van der Waals surface area contributed by atoms with Crippen LogP contribution in [-0.4, -0.2) is 72.8 Å². The van der Waals surface area contributed by atoms with Gasteiger partial charge in [-0.1, -0.05) is 74.5 Å². The van der Waals surface area contributed by atoms with Crippen LogP contribution in [0.15, 0.2) is 60.7 Å². The Bertz CT molecular complexity index is 1340. The highest BCUT2D eigenvalue weighted by molar-refractivity contribution is 5.95. The smallest absolute Gasteiger partial charge is 0.243 e. The van der Waals surface area contributed by atoms with Crippen molar-refractivity contribution in [1.82, 2.24) is 26.6 Å². The third-order valence-corrected chi connectivity index (χ3v) is 7.58. The van der Waals surface area contributed by atoms with Crippen LogP contribution in [0, 0.1) is 11.3 Å². The number of rotatable bonds is 21. The first-order valence-corrected chi connectivity index (χ1v) is 16.3. The van der Waals surface area contributed by atoms with E-state index in [1.54, 1.807) is 38.1 Å². The number of carbonyl (C=O) groups excluding carboxylic acids is 5. The highest BCUT2D eigenvalue weighted by Gasteiger charge is 2.31. The fraction of sp³-hybridized carbons (Fsp3) is 0.471. The van der Waals surface area contributed by atoms with E-state index in [0.29, 0.717) is 25.8 Å². The van der Waals surface area contributed by atoms with E-state index in [1.165, 1.54) is 0 Å². The maximum atomic E-state index is 13.9. The molecule has 0 spiro atoms. The Kier molecular flexibility index (Phi) is 17.2. The molecule has 2 aromatic carbocycles. The summed E-state index contributed by atoms with van der Waals surface area (Å²) in [5, 5.41) is 21.1. The van der Waals surface area contributed by atoms with Crippen molar-refractivity contribution >= 4 is 35.5 Å². The van der Waals surface area contributed by atoms with Crippen LogP contribution in [0.3, 0.4) is 0 Å². The van der Waals surface area contributed by atoms with Gasteiger partial charge in [0.15, 0.2) is 5.96 Å². The Balaban J connectivity index is 2.34. The third-order valence-electron chi connectivity index (χ3n) is 7.58. The zero-order valence-corrected chi connectivity index (χ0v) is 27.8. The van der Waals surface area contributed by atoms with Gasteiger partial charge in [0.1, 0.15) is 24.2 Å². The Morgan fingerprint density at radius 2 is 1.06 bits per heavy atom. The van der Waals surface area contributed by atoms with Crippen LogP contribution in [0.1, 0.15) is 57.1 Å². The van der Waals surface area contributed by atoms with Crippen molar-refractivity contribution in [2.24, 2.45) is 23.1 Å². The van der Waals surface area contributed by atoms with Crippen LogP contribution in [0.25, 0.3) is 0 Å². The normalized spacial score (nSPS) is 13.3. The second kappa shape index (κ2) is 21.0. The van der Waals surface area contributed by atoms with E-state index in [-0.39, 0.29) is 50.0 Å². The average molecular weight is 666 g/mol. The summed E-state index contributed by atoms with van der Waals surface area (Å²) in [6.07, 6.45) is 2.24. The number of guanidine groups is 1. The Morgan fingerprint density at radius 1 is 0.625 bits per heavy atom. The molecule has 0 saturated carbocycles. The molecule has 0 heterocycles. The maximum absolute atomic E-state index is 13.9. The van der Waals surface area contributed by atoms with Gasteiger partial charge in [0.05, 0.1) is 0 Å². The third kappa shape index (κ3) is 14.6. The predicted molar refractivity (Wildman–Crippen MR) is 184 cm³/mol. The molecule has 0 radical (unpaired) electrons. The summed E-state index contributed by atoms with van der Waals surface area (Å²) in [6.45, 7) is 4.10. The minimum absolute atomic E-state index is 0.0976. The molecule has 5 amide bonds. The van der Waals surface area contributed by atoms with Crippen molar-refractivity contribution < 1.29 is 24.0 Å². The molecule has 0 unspecified atom stereocenters. The predicted octanol–water partition coefficient (Wildman–Crippen LogP) is -0.0554.